The number of aromatic nitrogens is 2. The van der Waals surface area contributed by atoms with E-state index in [2.05, 4.69) is 40.0 Å². The van der Waals surface area contributed by atoms with Gasteiger partial charge in [-0.05, 0) is 39.4 Å². The molecule has 2 rings (SSSR count). The molecule has 0 aromatic carbocycles. The summed E-state index contributed by atoms with van der Waals surface area (Å²) in [6.45, 7) is 6.39. The summed E-state index contributed by atoms with van der Waals surface area (Å²) >= 11 is 0. The highest BCUT2D eigenvalue weighted by molar-refractivity contribution is 5.00. The Bertz CT molecular complexity index is 315. The molecule has 1 saturated heterocycles. The Morgan fingerprint density at radius 3 is 3.19 bits per heavy atom. The third kappa shape index (κ3) is 2.62. The summed E-state index contributed by atoms with van der Waals surface area (Å²) in [5, 5.41) is 7.77. The van der Waals surface area contributed by atoms with Gasteiger partial charge in [-0.3, -0.25) is 9.58 Å². The van der Waals surface area contributed by atoms with Crippen molar-refractivity contribution in [3.63, 3.8) is 0 Å². The Morgan fingerprint density at radius 2 is 2.50 bits per heavy atom. The van der Waals surface area contributed by atoms with E-state index in [0.717, 1.165) is 19.6 Å². The first-order valence-electron chi connectivity index (χ1n) is 6.23. The molecule has 2 heterocycles. The lowest BCUT2D eigenvalue weighted by atomic mass is 10.1. The zero-order chi connectivity index (χ0) is 11.4. The second-order valence-electron chi connectivity index (χ2n) is 4.55. The van der Waals surface area contributed by atoms with Crippen molar-refractivity contribution in [2.45, 2.75) is 38.9 Å². The maximum Gasteiger partial charge on any atom is 0.0524 e. The number of likely N-dealkylation sites (N-methyl/N-ethyl adjacent to an activating group) is 1. The molecule has 0 bridgehead atoms. The fourth-order valence-electron chi connectivity index (χ4n) is 2.37. The first kappa shape index (κ1) is 11.6. The zero-order valence-corrected chi connectivity index (χ0v) is 10.3. The van der Waals surface area contributed by atoms with Gasteiger partial charge in [0.25, 0.3) is 0 Å². The molecule has 1 aromatic rings. The molecule has 0 aliphatic carbocycles. The van der Waals surface area contributed by atoms with E-state index in [4.69, 9.17) is 0 Å². The van der Waals surface area contributed by atoms with Gasteiger partial charge in [0, 0.05) is 31.9 Å². The maximum atomic E-state index is 4.31. The number of hydrogen-bond donors (Lipinski definition) is 1. The van der Waals surface area contributed by atoms with E-state index < -0.39 is 0 Å². The Kier molecular flexibility index (Phi) is 3.96. The van der Waals surface area contributed by atoms with Gasteiger partial charge in [-0.15, -0.1) is 0 Å². The number of hydrogen-bond acceptors (Lipinski definition) is 3. The maximum absolute atomic E-state index is 4.31. The molecule has 4 heteroatoms. The van der Waals surface area contributed by atoms with E-state index in [1.807, 2.05) is 6.20 Å². The number of aryl methyl sites for hydroxylation is 1. The molecule has 0 saturated carbocycles. The third-order valence-electron chi connectivity index (χ3n) is 3.41. The van der Waals surface area contributed by atoms with Crippen molar-refractivity contribution in [2.75, 3.05) is 20.1 Å². The Balaban J connectivity index is 1.93. The molecule has 0 radical (unpaired) electrons. The van der Waals surface area contributed by atoms with Crippen LogP contribution < -0.4 is 5.32 Å². The van der Waals surface area contributed by atoms with Crippen LogP contribution in [0.15, 0.2) is 12.3 Å². The molecular formula is C12H22N4. The molecule has 1 aliphatic rings. The second-order valence-corrected chi connectivity index (χ2v) is 4.55. The van der Waals surface area contributed by atoms with Crippen molar-refractivity contribution in [1.29, 1.82) is 0 Å². The first-order chi connectivity index (χ1) is 7.81. The van der Waals surface area contributed by atoms with Gasteiger partial charge in [-0.2, -0.15) is 5.10 Å². The first-order valence-corrected chi connectivity index (χ1v) is 6.23. The molecule has 0 spiro atoms. The molecule has 1 aliphatic heterocycles. The number of nitrogens with one attached hydrogen (secondary N) is 1. The van der Waals surface area contributed by atoms with Crippen LogP contribution in [0.4, 0.5) is 0 Å². The molecule has 1 fully saturated rings. The summed E-state index contributed by atoms with van der Waals surface area (Å²) < 4.78 is 2.08. The smallest absolute Gasteiger partial charge is 0.0524 e. The summed E-state index contributed by atoms with van der Waals surface area (Å²) in [6.07, 6.45) is 4.50. The Labute approximate surface area is 97.6 Å². The van der Waals surface area contributed by atoms with Gasteiger partial charge < -0.3 is 5.32 Å². The lowest BCUT2D eigenvalue weighted by molar-refractivity contribution is 0.191. The molecular weight excluding hydrogens is 200 g/mol. The van der Waals surface area contributed by atoms with Gasteiger partial charge in [0.1, 0.15) is 0 Å². The highest BCUT2D eigenvalue weighted by atomic mass is 15.3. The minimum atomic E-state index is 0.675. The third-order valence-corrected chi connectivity index (χ3v) is 3.41. The summed E-state index contributed by atoms with van der Waals surface area (Å²) in [6, 6.07) is 2.80. The summed E-state index contributed by atoms with van der Waals surface area (Å²) in [5.41, 5.74) is 1.32. The Hall–Kier alpha value is -0.870. The predicted octanol–water partition coefficient (Wildman–Crippen LogP) is 1.09. The van der Waals surface area contributed by atoms with Crippen LogP contribution in [0.3, 0.4) is 0 Å². The average Bonchev–Trinajstić information content (AvgIpc) is 2.77. The molecule has 90 valence electrons. The highest BCUT2D eigenvalue weighted by Crippen LogP contribution is 2.12. The van der Waals surface area contributed by atoms with Crippen LogP contribution >= 0.6 is 0 Å². The normalized spacial score (nSPS) is 21.6. The van der Waals surface area contributed by atoms with Crippen LogP contribution in [0, 0.1) is 0 Å². The molecule has 1 N–H and O–H groups in total. The lowest BCUT2D eigenvalue weighted by Gasteiger charge is -2.31. The average molecular weight is 222 g/mol. The highest BCUT2D eigenvalue weighted by Gasteiger charge is 2.18. The predicted molar refractivity (Wildman–Crippen MR) is 65.3 cm³/mol. The monoisotopic (exact) mass is 222 g/mol. The molecule has 0 amide bonds. The number of rotatable bonds is 4. The SMILES string of the molecule is CCn1nccc1CN(C)C1CCCNC1. The van der Waals surface area contributed by atoms with Gasteiger partial charge in [0.05, 0.1) is 5.69 Å². The minimum Gasteiger partial charge on any atom is -0.315 e. The summed E-state index contributed by atoms with van der Waals surface area (Å²) in [5.74, 6) is 0. The number of nitrogens with zero attached hydrogens (tertiary/aromatic N) is 3. The van der Waals surface area contributed by atoms with E-state index in [-0.39, 0.29) is 0 Å². The van der Waals surface area contributed by atoms with E-state index in [0.29, 0.717) is 6.04 Å². The molecule has 4 nitrogen and oxygen atoms in total. The standard InChI is InChI=1S/C12H22N4/c1-3-16-12(6-8-14-16)10-15(2)11-5-4-7-13-9-11/h6,8,11,13H,3-5,7,9-10H2,1-2H3. The minimum absolute atomic E-state index is 0.675. The fourth-order valence-corrected chi connectivity index (χ4v) is 2.37. The van der Waals surface area contributed by atoms with Crippen molar-refractivity contribution in [2.24, 2.45) is 0 Å². The van der Waals surface area contributed by atoms with Crippen LogP contribution in [0.2, 0.25) is 0 Å². The van der Waals surface area contributed by atoms with Gasteiger partial charge in [-0.1, -0.05) is 0 Å². The van der Waals surface area contributed by atoms with E-state index in [9.17, 15) is 0 Å². The van der Waals surface area contributed by atoms with Crippen LogP contribution in [-0.4, -0.2) is 40.9 Å². The van der Waals surface area contributed by atoms with Crippen molar-refractivity contribution in [1.82, 2.24) is 20.0 Å². The fraction of sp³-hybridized carbons (Fsp3) is 0.750. The van der Waals surface area contributed by atoms with Crippen molar-refractivity contribution >= 4 is 0 Å². The molecule has 1 aromatic heterocycles. The quantitative estimate of drug-likeness (QED) is 0.828. The van der Waals surface area contributed by atoms with E-state index in [1.165, 1.54) is 25.1 Å². The molecule has 16 heavy (non-hydrogen) atoms. The number of piperidine rings is 1. The van der Waals surface area contributed by atoms with Gasteiger partial charge in [-0.25, -0.2) is 0 Å². The van der Waals surface area contributed by atoms with Crippen LogP contribution in [0.1, 0.15) is 25.5 Å². The van der Waals surface area contributed by atoms with Crippen molar-refractivity contribution in [3.05, 3.63) is 18.0 Å². The molecule has 1 atom stereocenters. The van der Waals surface area contributed by atoms with Crippen molar-refractivity contribution < 1.29 is 0 Å². The molecule has 1 unspecified atom stereocenters. The zero-order valence-electron chi connectivity index (χ0n) is 10.3. The largest absolute Gasteiger partial charge is 0.315 e. The van der Waals surface area contributed by atoms with Crippen LogP contribution in [0.25, 0.3) is 0 Å². The summed E-state index contributed by atoms with van der Waals surface area (Å²) in [4.78, 5) is 2.44. The Morgan fingerprint density at radius 1 is 1.62 bits per heavy atom. The van der Waals surface area contributed by atoms with Gasteiger partial charge in [0.15, 0.2) is 0 Å². The lowest BCUT2D eigenvalue weighted by Crippen LogP contribution is -2.43. The van der Waals surface area contributed by atoms with E-state index >= 15 is 0 Å². The van der Waals surface area contributed by atoms with E-state index in [1.54, 1.807) is 0 Å². The van der Waals surface area contributed by atoms with Gasteiger partial charge >= 0.3 is 0 Å². The second kappa shape index (κ2) is 5.46. The van der Waals surface area contributed by atoms with Gasteiger partial charge in [0.2, 0.25) is 0 Å². The van der Waals surface area contributed by atoms with Crippen LogP contribution in [0.5, 0.6) is 0 Å². The summed E-state index contributed by atoms with van der Waals surface area (Å²) in [7, 11) is 2.21. The van der Waals surface area contributed by atoms with Crippen molar-refractivity contribution in [3.8, 4) is 0 Å². The topological polar surface area (TPSA) is 33.1 Å². The van der Waals surface area contributed by atoms with Crippen LogP contribution in [-0.2, 0) is 13.1 Å².